The molecule has 2 fully saturated rings. The predicted molar refractivity (Wildman–Crippen MR) is 106 cm³/mol. The van der Waals surface area contributed by atoms with Gasteiger partial charge in [0.2, 0.25) is 16.9 Å². The largest absolute Gasteiger partial charge is 0.385 e. The van der Waals surface area contributed by atoms with Crippen molar-refractivity contribution >= 4 is 28.3 Å². The van der Waals surface area contributed by atoms with Crippen molar-refractivity contribution in [3.05, 3.63) is 40.9 Å². The third kappa shape index (κ3) is 4.23. The highest BCUT2D eigenvalue weighted by Crippen LogP contribution is 2.39. The number of carbonyl (C=O) groups excluding carboxylic acids is 2. The van der Waals surface area contributed by atoms with Crippen LogP contribution < -0.4 is 10.2 Å². The predicted octanol–water partition coefficient (Wildman–Crippen LogP) is 2.17. The molecule has 1 unspecified atom stereocenters. The minimum Gasteiger partial charge on any atom is -0.385 e. The summed E-state index contributed by atoms with van der Waals surface area (Å²) in [4.78, 5) is 26.7. The Labute approximate surface area is 168 Å². The summed E-state index contributed by atoms with van der Waals surface area (Å²) in [5.74, 6) is -0.447. The fourth-order valence-corrected chi connectivity index (χ4v) is 4.41. The fraction of sp³-hybridized carbons (Fsp3) is 0.500. The van der Waals surface area contributed by atoms with Crippen LogP contribution in [-0.4, -0.2) is 47.8 Å². The highest BCUT2D eigenvalue weighted by atomic mass is 32.1. The number of hydrogen-bond donors (Lipinski definition) is 1. The van der Waals surface area contributed by atoms with Crippen molar-refractivity contribution in [2.75, 3.05) is 25.2 Å². The van der Waals surface area contributed by atoms with Crippen LogP contribution in [0.4, 0.5) is 5.13 Å². The molecule has 2 amide bonds. The van der Waals surface area contributed by atoms with Gasteiger partial charge in [-0.25, -0.2) is 0 Å². The van der Waals surface area contributed by atoms with E-state index in [-0.39, 0.29) is 29.7 Å². The maximum atomic E-state index is 12.7. The molecule has 4 rings (SSSR count). The zero-order chi connectivity index (χ0) is 19.6. The van der Waals surface area contributed by atoms with Gasteiger partial charge in [0.25, 0.3) is 0 Å². The molecule has 0 bridgehead atoms. The van der Waals surface area contributed by atoms with Crippen LogP contribution in [0.15, 0.2) is 30.3 Å². The Hall–Kier alpha value is -2.32. The van der Waals surface area contributed by atoms with Gasteiger partial charge >= 0.3 is 0 Å². The third-order valence-electron chi connectivity index (χ3n) is 5.41. The van der Waals surface area contributed by atoms with Crippen LogP contribution in [0.3, 0.4) is 0 Å². The molecule has 1 N–H and O–H groups in total. The Bertz CT molecular complexity index is 850. The zero-order valence-electron chi connectivity index (χ0n) is 15.9. The van der Waals surface area contributed by atoms with Gasteiger partial charge in [-0.2, -0.15) is 0 Å². The van der Waals surface area contributed by atoms with E-state index in [0.29, 0.717) is 24.7 Å². The summed E-state index contributed by atoms with van der Waals surface area (Å²) in [6.45, 7) is 0.996. The Morgan fingerprint density at radius 2 is 2.11 bits per heavy atom. The summed E-state index contributed by atoms with van der Waals surface area (Å²) < 4.78 is 5.13. The van der Waals surface area contributed by atoms with E-state index >= 15 is 0 Å². The van der Waals surface area contributed by atoms with Gasteiger partial charge in [-0.05, 0) is 24.8 Å². The molecular formula is C20H24N4O3S. The van der Waals surface area contributed by atoms with Gasteiger partial charge in [-0.1, -0.05) is 41.7 Å². The van der Waals surface area contributed by atoms with Crippen molar-refractivity contribution in [1.82, 2.24) is 15.5 Å². The van der Waals surface area contributed by atoms with Crippen LogP contribution >= 0.6 is 11.3 Å². The second kappa shape index (κ2) is 7.97. The number of nitrogens with zero attached hydrogens (tertiary/aromatic N) is 3. The minimum absolute atomic E-state index is 0.0431. The first-order valence-electron chi connectivity index (χ1n) is 9.56. The molecule has 8 heteroatoms. The molecule has 1 saturated carbocycles. The summed E-state index contributed by atoms with van der Waals surface area (Å²) >= 11 is 1.41. The molecule has 1 aromatic heterocycles. The van der Waals surface area contributed by atoms with Crippen LogP contribution in [0.1, 0.15) is 36.3 Å². The number of anilines is 1. The summed E-state index contributed by atoms with van der Waals surface area (Å²) in [5, 5.41) is 13.0. The Balaban J connectivity index is 1.36. The van der Waals surface area contributed by atoms with E-state index in [9.17, 15) is 9.59 Å². The van der Waals surface area contributed by atoms with E-state index in [1.54, 1.807) is 12.0 Å². The lowest BCUT2D eigenvalue weighted by atomic mass is 10.1. The van der Waals surface area contributed by atoms with Crippen LogP contribution in [0.5, 0.6) is 0 Å². The van der Waals surface area contributed by atoms with Crippen molar-refractivity contribution in [1.29, 1.82) is 0 Å². The summed E-state index contributed by atoms with van der Waals surface area (Å²) in [7, 11) is 1.67. The standard InChI is InChI=1S/C20H24N4O3S/c1-27-10-9-20(7-8-20)21-18(26)15-12-17(25)24(13-15)19-23-22-16(28-19)11-14-5-3-2-4-6-14/h2-6,15H,7-13H2,1H3,(H,21,26). The normalized spacial score (nSPS) is 20.4. The van der Waals surface area contributed by atoms with Gasteiger partial charge in [-0.15, -0.1) is 10.2 Å². The number of amides is 2. The zero-order valence-corrected chi connectivity index (χ0v) is 16.7. The van der Waals surface area contributed by atoms with Gasteiger partial charge in [0.1, 0.15) is 5.01 Å². The monoisotopic (exact) mass is 400 g/mol. The van der Waals surface area contributed by atoms with E-state index in [2.05, 4.69) is 15.5 Å². The van der Waals surface area contributed by atoms with Crippen LogP contribution in [0.2, 0.25) is 0 Å². The topological polar surface area (TPSA) is 84.4 Å². The van der Waals surface area contributed by atoms with Gasteiger partial charge < -0.3 is 10.1 Å². The van der Waals surface area contributed by atoms with Crippen molar-refractivity contribution in [2.45, 2.75) is 37.6 Å². The molecule has 28 heavy (non-hydrogen) atoms. The number of hydrogen-bond acceptors (Lipinski definition) is 6. The van der Waals surface area contributed by atoms with Crippen molar-refractivity contribution in [3.8, 4) is 0 Å². The summed E-state index contributed by atoms with van der Waals surface area (Å²) in [6.07, 6.45) is 3.68. The second-order valence-electron chi connectivity index (χ2n) is 7.56. The lowest BCUT2D eigenvalue weighted by Gasteiger charge is -2.19. The van der Waals surface area contributed by atoms with Crippen molar-refractivity contribution < 1.29 is 14.3 Å². The average molecular weight is 401 g/mol. The quantitative estimate of drug-likeness (QED) is 0.734. The lowest BCUT2D eigenvalue weighted by molar-refractivity contribution is -0.127. The number of nitrogens with one attached hydrogen (secondary N) is 1. The second-order valence-corrected chi connectivity index (χ2v) is 8.60. The van der Waals surface area contributed by atoms with E-state index in [1.807, 2.05) is 30.3 Å². The third-order valence-corrected chi connectivity index (χ3v) is 6.35. The molecule has 0 radical (unpaired) electrons. The van der Waals surface area contributed by atoms with Gasteiger partial charge in [-0.3, -0.25) is 14.5 Å². The number of aromatic nitrogens is 2. The molecular weight excluding hydrogens is 376 g/mol. The Kier molecular flexibility index (Phi) is 5.41. The molecule has 148 valence electrons. The maximum absolute atomic E-state index is 12.7. The van der Waals surface area contributed by atoms with Crippen molar-refractivity contribution in [3.63, 3.8) is 0 Å². The smallest absolute Gasteiger partial charge is 0.229 e. The first-order valence-corrected chi connectivity index (χ1v) is 10.4. The number of benzene rings is 1. The van der Waals surface area contributed by atoms with Crippen LogP contribution in [0, 0.1) is 5.92 Å². The summed E-state index contributed by atoms with van der Waals surface area (Å²) in [6, 6.07) is 10.0. The fourth-order valence-electron chi connectivity index (χ4n) is 3.51. The number of carbonyl (C=O) groups is 2. The number of ether oxygens (including phenoxy) is 1. The minimum atomic E-state index is -0.339. The van der Waals surface area contributed by atoms with E-state index < -0.39 is 0 Å². The first-order chi connectivity index (χ1) is 13.6. The van der Waals surface area contributed by atoms with Crippen LogP contribution in [0.25, 0.3) is 0 Å². The Morgan fingerprint density at radius 1 is 1.32 bits per heavy atom. The molecule has 0 spiro atoms. The molecule has 1 saturated heterocycles. The summed E-state index contributed by atoms with van der Waals surface area (Å²) in [5.41, 5.74) is 1.02. The van der Waals surface area contributed by atoms with Gasteiger partial charge in [0, 0.05) is 38.6 Å². The molecule has 2 aliphatic rings. The van der Waals surface area contributed by atoms with E-state index in [1.165, 1.54) is 11.3 Å². The molecule has 1 atom stereocenters. The highest BCUT2D eigenvalue weighted by molar-refractivity contribution is 7.15. The number of methoxy groups -OCH3 is 1. The molecule has 1 aromatic carbocycles. The van der Waals surface area contributed by atoms with Gasteiger partial charge in [0.15, 0.2) is 0 Å². The molecule has 2 heterocycles. The van der Waals surface area contributed by atoms with E-state index in [4.69, 9.17) is 4.74 Å². The van der Waals surface area contributed by atoms with Gasteiger partial charge in [0.05, 0.1) is 5.92 Å². The first kappa shape index (κ1) is 19.0. The molecule has 2 aromatic rings. The van der Waals surface area contributed by atoms with Crippen LogP contribution in [-0.2, 0) is 20.7 Å². The highest BCUT2D eigenvalue weighted by Gasteiger charge is 2.46. The van der Waals surface area contributed by atoms with E-state index in [0.717, 1.165) is 29.8 Å². The molecule has 7 nitrogen and oxygen atoms in total. The lowest BCUT2D eigenvalue weighted by Crippen LogP contribution is -2.42. The Morgan fingerprint density at radius 3 is 2.82 bits per heavy atom. The molecule has 1 aliphatic carbocycles. The number of rotatable bonds is 8. The average Bonchev–Trinajstić information content (AvgIpc) is 3.10. The van der Waals surface area contributed by atoms with Crippen molar-refractivity contribution in [2.24, 2.45) is 5.92 Å². The molecule has 1 aliphatic heterocycles. The maximum Gasteiger partial charge on any atom is 0.229 e. The SMILES string of the molecule is COCCC1(NC(=O)C2CC(=O)N(c3nnc(Cc4ccccc4)s3)C2)CC1.